The van der Waals surface area contributed by atoms with Gasteiger partial charge in [-0.25, -0.2) is 0 Å². The van der Waals surface area contributed by atoms with Gasteiger partial charge in [-0.2, -0.15) is 5.10 Å². The van der Waals surface area contributed by atoms with Crippen molar-refractivity contribution in [2.45, 2.75) is 6.54 Å². The van der Waals surface area contributed by atoms with Crippen LogP contribution >= 0.6 is 0 Å². The Bertz CT molecular complexity index is 688. The van der Waals surface area contributed by atoms with Crippen LogP contribution < -0.4 is 5.32 Å². The minimum absolute atomic E-state index is 0.0900. The Hall–Kier alpha value is -2.41. The number of rotatable bonds is 4. The fourth-order valence-corrected chi connectivity index (χ4v) is 2.61. The van der Waals surface area contributed by atoms with Crippen molar-refractivity contribution in [1.29, 1.82) is 0 Å². The molecule has 2 heterocycles. The summed E-state index contributed by atoms with van der Waals surface area (Å²) in [6, 6.07) is 5.46. The molecule has 1 N–H and O–H groups in total. The van der Waals surface area contributed by atoms with Crippen molar-refractivity contribution in [3.63, 3.8) is 0 Å². The van der Waals surface area contributed by atoms with E-state index in [1.165, 1.54) is 0 Å². The number of benzene rings is 1. The van der Waals surface area contributed by atoms with Crippen LogP contribution in [0.3, 0.4) is 0 Å². The number of carbonyl (C=O) groups is 2. The summed E-state index contributed by atoms with van der Waals surface area (Å²) in [4.78, 5) is 26.9. The third-order valence-corrected chi connectivity index (χ3v) is 3.93. The zero-order valence-corrected chi connectivity index (χ0v) is 12.5. The first kappa shape index (κ1) is 14.5. The Balaban J connectivity index is 1.70. The molecular weight excluding hydrogens is 282 g/mol. The zero-order valence-electron chi connectivity index (χ0n) is 12.5. The molecule has 0 spiro atoms. The number of hydrogen-bond donors (Lipinski definition) is 1. The van der Waals surface area contributed by atoms with E-state index in [4.69, 9.17) is 0 Å². The van der Waals surface area contributed by atoms with E-state index < -0.39 is 0 Å². The Morgan fingerprint density at radius 3 is 2.82 bits per heavy atom. The molecule has 0 unspecified atom stereocenters. The minimum Gasteiger partial charge on any atom is -0.339 e. The van der Waals surface area contributed by atoms with Crippen molar-refractivity contribution in [1.82, 2.24) is 19.6 Å². The number of likely N-dealkylation sites (N-methyl/N-ethyl adjacent to an activating group) is 1. The van der Waals surface area contributed by atoms with E-state index >= 15 is 0 Å². The van der Waals surface area contributed by atoms with Gasteiger partial charge in [-0.3, -0.25) is 14.3 Å². The van der Waals surface area contributed by atoms with E-state index in [-0.39, 0.29) is 12.5 Å². The van der Waals surface area contributed by atoms with Crippen molar-refractivity contribution in [3.8, 4) is 0 Å². The quantitative estimate of drug-likeness (QED) is 0.829. The third-order valence-electron chi connectivity index (χ3n) is 3.93. The van der Waals surface area contributed by atoms with Gasteiger partial charge in [-0.15, -0.1) is 0 Å². The summed E-state index contributed by atoms with van der Waals surface area (Å²) < 4.78 is 1.66. The summed E-state index contributed by atoms with van der Waals surface area (Å²) in [6.07, 6.45) is 2.47. The van der Waals surface area contributed by atoms with E-state index in [1.807, 2.05) is 23.2 Å². The molecular formula is C15H19N5O2. The molecule has 2 amide bonds. The number of fused-ring (bicyclic) bond motifs is 1. The Labute approximate surface area is 128 Å². The van der Waals surface area contributed by atoms with Crippen molar-refractivity contribution in [2.24, 2.45) is 0 Å². The molecule has 22 heavy (non-hydrogen) atoms. The molecule has 1 fully saturated rings. The molecule has 3 rings (SSSR count). The van der Waals surface area contributed by atoms with Crippen molar-refractivity contribution < 1.29 is 9.59 Å². The van der Waals surface area contributed by atoms with Gasteiger partial charge in [0.05, 0.1) is 5.52 Å². The smallest absolute Gasteiger partial charge is 0.244 e. The first-order valence-electron chi connectivity index (χ1n) is 7.29. The van der Waals surface area contributed by atoms with Crippen LogP contribution in [0.1, 0.15) is 0 Å². The fourth-order valence-electron chi connectivity index (χ4n) is 2.61. The maximum Gasteiger partial charge on any atom is 0.244 e. The van der Waals surface area contributed by atoms with Crippen LogP contribution in [-0.4, -0.2) is 65.1 Å². The standard InChI is InChI=1S/C15H19N5O2/c1-18-4-6-19(7-5-18)15(22)10-20-9-12-8-13(16-11-21)2-3-14(12)17-20/h2-3,8-9,11H,4-7,10H2,1H3,(H,16,21). The SMILES string of the molecule is CN1CCN(C(=O)Cn2cc3cc(NC=O)ccc3n2)CC1. The van der Waals surface area contributed by atoms with E-state index in [0.29, 0.717) is 12.1 Å². The van der Waals surface area contributed by atoms with Crippen LogP contribution in [0.4, 0.5) is 5.69 Å². The summed E-state index contributed by atoms with van der Waals surface area (Å²) in [7, 11) is 2.06. The van der Waals surface area contributed by atoms with Crippen LogP contribution in [0.25, 0.3) is 10.9 Å². The Kier molecular flexibility index (Phi) is 4.06. The van der Waals surface area contributed by atoms with Gasteiger partial charge in [0.2, 0.25) is 12.3 Å². The van der Waals surface area contributed by atoms with Crippen molar-refractivity contribution >= 4 is 28.9 Å². The van der Waals surface area contributed by atoms with Gasteiger partial charge in [-0.05, 0) is 25.2 Å². The van der Waals surface area contributed by atoms with E-state index in [2.05, 4.69) is 22.4 Å². The lowest BCUT2D eigenvalue weighted by atomic mass is 10.2. The first-order valence-corrected chi connectivity index (χ1v) is 7.29. The zero-order chi connectivity index (χ0) is 15.5. The summed E-state index contributed by atoms with van der Waals surface area (Å²) >= 11 is 0. The minimum atomic E-state index is 0.0900. The number of nitrogens with one attached hydrogen (secondary N) is 1. The molecule has 1 aromatic carbocycles. The molecule has 7 heteroatoms. The molecule has 1 aliphatic heterocycles. The summed E-state index contributed by atoms with van der Waals surface area (Å²) in [5.41, 5.74) is 1.52. The Morgan fingerprint density at radius 2 is 2.09 bits per heavy atom. The lowest BCUT2D eigenvalue weighted by Gasteiger charge is -2.32. The second kappa shape index (κ2) is 6.15. The van der Waals surface area contributed by atoms with Crippen LogP contribution in [-0.2, 0) is 16.1 Å². The summed E-state index contributed by atoms with van der Waals surface area (Å²) in [5.74, 6) is 0.0900. The van der Waals surface area contributed by atoms with E-state index in [1.54, 1.807) is 10.7 Å². The number of carbonyl (C=O) groups excluding carboxylic acids is 2. The first-order chi connectivity index (χ1) is 10.7. The van der Waals surface area contributed by atoms with Crippen LogP contribution in [0.2, 0.25) is 0 Å². The van der Waals surface area contributed by atoms with Gasteiger partial charge < -0.3 is 15.1 Å². The molecule has 7 nitrogen and oxygen atoms in total. The lowest BCUT2D eigenvalue weighted by Crippen LogP contribution is -2.48. The van der Waals surface area contributed by atoms with Gasteiger partial charge in [0, 0.05) is 43.4 Å². The number of nitrogens with zero attached hydrogens (tertiary/aromatic N) is 4. The number of hydrogen-bond acceptors (Lipinski definition) is 4. The highest BCUT2D eigenvalue weighted by Gasteiger charge is 2.19. The molecule has 1 aliphatic rings. The largest absolute Gasteiger partial charge is 0.339 e. The fraction of sp³-hybridized carbons (Fsp3) is 0.400. The molecule has 0 aliphatic carbocycles. The van der Waals surface area contributed by atoms with Crippen LogP contribution in [0, 0.1) is 0 Å². The van der Waals surface area contributed by atoms with Gasteiger partial charge in [0.25, 0.3) is 0 Å². The molecule has 1 aromatic heterocycles. The second-order valence-corrected chi connectivity index (χ2v) is 5.55. The highest BCUT2D eigenvalue weighted by Crippen LogP contribution is 2.17. The summed E-state index contributed by atoms with van der Waals surface area (Å²) in [6.45, 7) is 3.60. The molecule has 2 aromatic rings. The number of aromatic nitrogens is 2. The van der Waals surface area contributed by atoms with E-state index in [0.717, 1.165) is 37.1 Å². The number of amides is 2. The predicted molar refractivity (Wildman–Crippen MR) is 83.5 cm³/mol. The average Bonchev–Trinajstić information content (AvgIpc) is 2.89. The Morgan fingerprint density at radius 1 is 1.32 bits per heavy atom. The van der Waals surface area contributed by atoms with Gasteiger partial charge in [0.15, 0.2) is 0 Å². The van der Waals surface area contributed by atoms with Gasteiger partial charge >= 0.3 is 0 Å². The third kappa shape index (κ3) is 3.09. The van der Waals surface area contributed by atoms with Crippen LogP contribution in [0.15, 0.2) is 24.4 Å². The number of piperazine rings is 1. The molecule has 0 atom stereocenters. The highest BCUT2D eigenvalue weighted by molar-refractivity contribution is 5.85. The second-order valence-electron chi connectivity index (χ2n) is 5.55. The molecule has 1 saturated heterocycles. The van der Waals surface area contributed by atoms with Gasteiger partial charge in [-0.1, -0.05) is 0 Å². The average molecular weight is 301 g/mol. The molecule has 0 saturated carbocycles. The monoisotopic (exact) mass is 301 g/mol. The van der Waals surface area contributed by atoms with Crippen molar-refractivity contribution in [3.05, 3.63) is 24.4 Å². The summed E-state index contributed by atoms with van der Waals surface area (Å²) in [5, 5.41) is 7.92. The molecule has 0 radical (unpaired) electrons. The highest BCUT2D eigenvalue weighted by atomic mass is 16.2. The van der Waals surface area contributed by atoms with Crippen LogP contribution in [0.5, 0.6) is 0 Å². The normalized spacial score (nSPS) is 16.0. The number of anilines is 1. The van der Waals surface area contributed by atoms with E-state index in [9.17, 15) is 9.59 Å². The molecule has 116 valence electrons. The van der Waals surface area contributed by atoms with Gasteiger partial charge in [0.1, 0.15) is 6.54 Å². The maximum absolute atomic E-state index is 12.3. The molecule has 0 bridgehead atoms. The predicted octanol–water partition coefficient (Wildman–Crippen LogP) is 0.379. The maximum atomic E-state index is 12.3. The van der Waals surface area contributed by atoms with Crippen molar-refractivity contribution in [2.75, 3.05) is 38.5 Å². The topological polar surface area (TPSA) is 70.5 Å². The lowest BCUT2D eigenvalue weighted by molar-refractivity contribution is -0.133.